The number of rotatable bonds is 1. The van der Waals surface area contributed by atoms with Gasteiger partial charge in [-0.15, -0.1) is 0 Å². The average molecular weight is 138 g/mol. The summed E-state index contributed by atoms with van der Waals surface area (Å²) < 4.78 is 0. The Morgan fingerprint density at radius 2 is 2.10 bits per heavy atom. The maximum Gasteiger partial charge on any atom is 0.0837 e. The summed E-state index contributed by atoms with van der Waals surface area (Å²) in [5.41, 5.74) is 0.362. The van der Waals surface area contributed by atoms with Crippen molar-refractivity contribution in [1.82, 2.24) is 0 Å². The van der Waals surface area contributed by atoms with E-state index >= 15 is 0 Å². The summed E-state index contributed by atoms with van der Waals surface area (Å²) >= 11 is 0. The Morgan fingerprint density at radius 3 is 2.30 bits per heavy atom. The Balaban J connectivity index is 2.78. The van der Waals surface area contributed by atoms with Crippen molar-refractivity contribution in [3.8, 4) is 0 Å². The van der Waals surface area contributed by atoms with Crippen LogP contribution < -0.4 is 0 Å². The van der Waals surface area contributed by atoms with Gasteiger partial charge in [-0.05, 0) is 25.3 Å². The average Bonchev–Trinajstić information content (AvgIpc) is 2.11. The second-order valence-electron chi connectivity index (χ2n) is 3.40. The Morgan fingerprint density at radius 1 is 1.50 bits per heavy atom. The summed E-state index contributed by atoms with van der Waals surface area (Å²) in [4.78, 5) is 0. The van der Waals surface area contributed by atoms with Crippen LogP contribution in [-0.2, 0) is 0 Å². The number of allylic oxidation sites excluding steroid dienone is 2. The van der Waals surface area contributed by atoms with Gasteiger partial charge in [-0.3, -0.25) is 0 Å². The van der Waals surface area contributed by atoms with Crippen molar-refractivity contribution >= 4 is 0 Å². The molecule has 0 aromatic carbocycles. The maximum atomic E-state index is 9.52. The van der Waals surface area contributed by atoms with E-state index in [1.54, 1.807) is 13.8 Å². The lowest BCUT2D eigenvalue weighted by Crippen LogP contribution is -2.19. The molecule has 0 spiro atoms. The van der Waals surface area contributed by atoms with Gasteiger partial charge in [-0.25, -0.2) is 0 Å². The minimum Gasteiger partial charge on any atom is -0.386 e. The maximum absolute atomic E-state index is 9.52. The smallest absolute Gasteiger partial charge is 0.0837 e. The van der Waals surface area contributed by atoms with Crippen molar-refractivity contribution in [3.05, 3.63) is 23.8 Å². The van der Waals surface area contributed by atoms with Gasteiger partial charge in [-0.2, -0.15) is 0 Å². The molecular formula is C9H14O. The van der Waals surface area contributed by atoms with Crippen LogP contribution in [0.25, 0.3) is 0 Å². The summed E-state index contributed by atoms with van der Waals surface area (Å²) in [7, 11) is 0. The fraction of sp³-hybridized carbons (Fsp3) is 0.556. The zero-order chi connectivity index (χ0) is 7.78. The third kappa shape index (κ3) is 1.48. The van der Waals surface area contributed by atoms with Crippen LogP contribution in [0.4, 0.5) is 0 Å². The van der Waals surface area contributed by atoms with Crippen LogP contribution >= 0.6 is 0 Å². The van der Waals surface area contributed by atoms with E-state index in [1.807, 2.05) is 6.08 Å². The molecule has 1 heteroatoms. The van der Waals surface area contributed by atoms with Crippen molar-refractivity contribution in [3.63, 3.8) is 0 Å². The first-order valence-electron chi connectivity index (χ1n) is 3.63. The highest BCUT2D eigenvalue weighted by Crippen LogP contribution is 2.24. The molecule has 1 aliphatic carbocycles. The van der Waals surface area contributed by atoms with E-state index in [1.165, 1.54) is 0 Å². The van der Waals surface area contributed by atoms with Crippen molar-refractivity contribution < 1.29 is 5.11 Å². The van der Waals surface area contributed by atoms with Gasteiger partial charge in [0.25, 0.3) is 0 Å². The SMILES string of the molecule is CC1C=CC(C(C)(C)O)=C1. The molecular weight excluding hydrogens is 124 g/mol. The molecule has 56 valence electrons. The van der Waals surface area contributed by atoms with Crippen LogP contribution in [-0.4, -0.2) is 10.7 Å². The Hall–Kier alpha value is -0.560. The highest BCUT2D eigenvalue weighted by atomic mass is 16.3. The molecule has 1 N–H and O–H groups in total. The molecule has 0 aliphatic heterocycles. The lowest BCUT2D eigenvalue weighted by molar-refractivity contribution is 0.124. The first kappa shape index (κ1) is 7.55. The van der Waals surface area contributed by atoms with Gasteiger partial charge in [0.05, 0.1) is 5.60 Å². The third-order valence-electron chi connectivity index (χ3n) is 1.73. The van der Waals surface area contributed by atoms with Crippen LogP contribution in [0.3, 0.4) is 0 Å². The van der Waals surface area contributed by atoms with E-state index in [2.05, 4.69) is 19.1 Å². The van der Waals surface area contributed by atoms with Gasteiger partial charge in [0.15, 0.2) is 0 Å². The molecule has 0 saturated carbocycles. The molecule has 0 aromatic heterocycles. The molecule has 0 bridgehead atoms. The van der Waals surface area contributed by atoms with Gasteiger partial charge >= 0.3 is 0 Å². The van der Waals surface area contributed by atoms with E-state index in [4.69, 9.17) is 0 Å². The summed E-state index contributed by atoms with van der Waals surface area (Å²) in [6.07, 6.45) is 6.16. The van der Waals surface area contributed by atoms with E-state index in [9.17, 15) is 5.11 Å². The minimum absolute atomic E-state index is 0.487. The van der Waals surface area contributed by atoms with E-state index in [-0.39, 0.29) is 0 Å². The zero-order valence-electron chi connectivity index (χ0n) is 6.76. The Kier molecular flexibility index (Phi) is 1.69. The Labute approximate surface area is 62.1 Å². The molecule has 10 heavy (non-hydrogen) atoms. The van der Waals surface area contributed by atoms with Crippen molar-refractivity contribution in [2.24, 2.45) is 5.92 Å². The van der Waals surface area contributed by atoms with Crippen LogP contribution in [0.5, 0.6) is 0 Å². The summed E-state index contributed by atoms with van der Waals surface area (Å²) in [5.74, 6) is 0.487. The molecule has 0 saturated heterocycles. The number of hydrogen-bond donors (Lipinski definition) is 1. The van der Waals surface area contributed by atoms with Crippen LogP contribution in [0.2, 0.25) is 0 Å². The molecule has 1 atom stereocenters. The quantitative estimate of drug-likeness (QED) is 0.586. The topological polar surface area (TPSA) is 20.2 Å². The van der Waals surface area contributed by atoms with E-state index in [0.29, 0.717) is 5.92 Å². The lowest BCUT2D eigenvalue weighted by atomic mass is 9.99. The largest absolute Gasteiger partial charge is 0.386 e. The molecule has 0 radical (unpaired) electrons. The summed E-state index contributed by atoms with van der Waals surface area (Å²) in [6, 6.07) is 0. The molecule has 1 nitrogen and oxygen atoms in total. The van der Waals surface area contributed by atoms with E-state index in [0.717, 1.165) is 5.57 Å². The molecule has 0 aromatic rings. The second-order valence-corrected chi connectivity index (χ2v) is 3.40. The highest BCUT2D eigenvalue weighted by Gasteiger charge is 2.19. The monoisotopic (exact) mass is 138 g/mol. The number of hydrogen-bond acceptors (Lipinski definition) is 1. The van der Waals surface area contributed by atoms with Gasteiger partial charge in [-0.1, -0.05) is 25.2 Å². The Bertz CT molecular complexity index is 181. The van der Waals surface area contributed by atoms with Gasteiger partial charge in [0, 0.05) is 0 Å². The fourth-order valence-corrected chi connectivity index (χ4v) is 1.06. The molecule has 1 unspecified atom stereocenters. The minimum atomic E-state index is -0.665. The highest BCUT2D eigenvalue weighted by molar-refractivity contribution is 5.34. The van der Waals surface area contributed by atoms with Crippen LogP contribution in [0.15, 0.2) is 23.8 Å². The predicted molar refractivity (Wildman–Crippen MR) is 42.7 cm³/mol. The summed E-state index contributed by atoms with van der Waals surface area (Å²) in [6.45, 7) is 5.72. The zero-order valence-corrected chi connectivity index (χ0v) is 6.76. The van der Waals surface area contributed by atoms with Gasteiger partial charge < -0.3 is 5.11 Å². The predicted octanol–water partition coefficient (Wildman–Crippen LogP) is 1.89. The van der Waals surface area contributed by atoms with Crippen LogP contribution in [0, 0.1) is 5.92 Å². The fourth-order valence-electron chi connectivity index (χ4n) is 1.06. The first-order valence-corrected chi connectivity index (χ1v) is 3.63. The standard InChI is InChI=1S/C9H14O/c1-7-4-5-8(6-7)9(2,3)10/h4-7,10H,1-3H3. The second kappa shape index (κ2) is 2.24. The summed E-state index contributed by atoms with van der Waals surface area (Å²) in [5, 5.41) is 9.52. The molecule has 0 fully saturated rings. The van der Waals surface area contributed by atoms with Gasteiger partial charge in [0.1, 0.15) is 0 Å². The van der Waals surface area contributed by atoms with Gasteiger partial charge in [0.2, 0.25) is 0 Å². The normalized spacial score (nSPS) is 25.2. The van der Waals surface area contributed by atoms with Crippen LogP contribution in [0.1, 0.15) is 20.8 Å². The molecule has 1 rings (SSSR count). The van der Waals surface area contributed by atoms with Crippen molar-refractivity contribution in [2.45, 2.75) is 26.4 Å². The molecule has 1 aliphatic rings. The molecule has 0 amide bonds. The third-order valence-corrected chi connectivity index (χ3v) is 1.73. The van der Waals surface area contributed by atoms with Crippen molar-refractivity contribution in [2.75, 3.05) is 0 Å². The first-order chi connectivity index (χ1) is 4.50. The molecule has 0 heterocycles. The van der Waals surface area contributed by atoms with E-state index < -0.39 is 5.60 Å². The van der Waals surface area contributed by atoms with Crippen molar-refractivity contribution in [1.29, 1.82) is 0 Å². The lowest BCUT2D eigenvalue weighted by Gasteiger charge is -2.16. The number of aliphatic hydroxyl groups is 1.